The standard InChI is InChI=1S/C27H30ClN10O9P/c1-14-9-37(26(41)31-24(14)39)22-7-18(33-35-29)20(46-22)11-44-48(43,13-16-3-5-17(28)6-4-16)45-12-21-19(34-36-30)8-23(47-21)38-10-15(2)25(40)32-27(38)42/h3-6,9-10,18-23H,7-8,11-13H2,1-2H3,(H,31,39,41)(H,32,40,42)/t18-,19-,20+,21+,22+,23+/m0/s1. The number of aryl methyl sites for hydroxylation is 2. The molecule has 0 aliphatic carbocycles. The number of benzene rings is 1. The number of rotatable bonds is 12. The Morgan fingerprint density at radius 2 is 1.29 bits per heavy atom. The molecular formula is C27H30ClN10O9P. The van der Waals surface area contributed by atoms with Crippen LogP contribution in [0.3, 0.4) is 0 Å². The average Bonchev–Trinajstić information content (AvgIpc) is 3.64. The molecule has 19 nitrogen and oxygen atoms in total. The Labute approximate surface area is 275 Å². The van der Waals surface area contributed by atoms with Gasteiger partial charge in [0.25, 0.3) is 11.1 Å². The van der Waals surface area contributed by atoms with E-state index in [-0.39, 0.29) is 43.3 Å². The second kappa shape index (κ2) is 14.8. The van der Waals surface area contributed by atoms with Crippen LogP contribution in [0.4, 0.5) is 0 Å². The van der Waals surface area contributed by atoms with Crippen LogP contribution in [0.2, 0.25) is 5.02 Å². The summed E-state index contributed by atoms with van der Waals surface area (Å²) in [6.07, 6.45) is -1.25. The van der Waals surface area contributed by atoms with E-state index in [0.29, 0.717) is 10.6 Å². The molecule has 0 unspecified atom stereocenters. The predicted octanol–water partition coefficient (Wildman–Crippen LogP) is 3.72. The van der Waals surface area contributed by atoms with E-state index in [1.807, 2.05) is 0 Å². The van der Waals surface area contributed by atoms with Crippen molar-refractivity contribution in [3.63, 3.8) is 0 Å². The molecule has 2 aromatic heterocycles. The molecule has 2 N–H and O–H groups in total. The van der Waals surface area contributed by atoms with Gasteiger partial charge in [-0.25, -0.2) is 9.59 Å². The van der Waals surface area contributed by atoms with Crippen LogP contribution in [0.25, 0.3) is 20.9 Å². The number of aromatic nitrogens is 4. The van der Waals surface area contributed by atoms with Crippen LogP contribution in [0.5, 0.6) is 0 Å². The van der Waals surface area contributed by atoms with E-state index in [9.17, 15) is 34.8 Å². The molecule has 2 aliphatic heterocycles. The summed E-state index contributed by atoms with van der Waals surface area (Å²) in [5, 5.41) is 7.98. The summed E-state index contributed by atoms with van der Waals surface area (Å²) in [5.74, 6) is 0. The number of H-pyrrole nitrogens is 2. The molecule has 2 fully saturated rings. The van der Waals surface area contributed by atoms with Gasteiger partial charge in [-0.3, -0.25) is 33.3 Å². The third-order valence-corrected chi connectivity index (χ3v) is 9.97. The van der Waals surface area contributed by atoms with Crippen molar-refractivity contribution in [3.8, 4) is 0 Å². The van der Waals surface area contributed by atoms with Crippen LogP contribution < -0.4 is 22.5 Å². The van der Waals surface area contributed by atoms with Crippen molar-refractivity contribution < 1.29 is 23.1 Å². The molecule has 2 saturated heterocycles. The first-order valence-corrected chi connectivity index (χ1v) is 16.7. The number of hydrogen-bond donors (Lipinski definition) is 2. The molecule has 6 atom stereocenters. The minimum atomic E-state index is -4.09. The van der Waals surface area contributed by atoms with Gasteiger partial charge in [-0.05, 0) is 42.6 Å². The van der Waals surface area contributed by atoms with Crippen molar-refractivity contribution in [1.82, 2.24) is 19.1 Å². The molecule has 0 spiro atoms. The van der Waals surface area contributed by atoms with Crippen LogP contribution in [0, 0.1) is 13.8 Å². The molecule has 4 heterocycles. The zero-order valence-electron chi connectivity index (χ0n) is 25.5. The van der Waals surface area contributed by atoms with E-state index >= 15 is 0 Å². The molecule has 5 rings (SSSR count). The van der Waals surface area contributed by atoms with Crippen LogP contribution in [-0.2, 0) is 29.2 Å². The summed E-state index contributed by atoms with van der Waals surface area (Å²) in [5.41, 5.74) is 16.9. The van der Waals surface area contributed by atoms with Crippen molar-refractivity contribution in [1.29, 1.82) is 0 Å². The molecule has 3 aromatic rings. The largest absolute Gasteiger partial charge is 0.352 e. The zero-order valence-corrected chi connectivity index (χ0v) is 27.2. The van der Waals surface area contributed by atoms with Crippen molar-refractivity contribution in [3.05, 3.63) is 121 Å². The summed E-state index contributed by atoms with van der Waals surface area (Å²) in [6, 6.07) is 4.78. The molecule has 0 amide bonds. The predicted molar refractivity (Wildman–Crippen MR) is 170 cm³/mol. The number of halogens is 1. The van der Waals surface area contributed by atoms with Crippen LogP contribution >= 0.6 is 19.2 Å². The second-order valence-corrected chi connectivity index (χ2v) is 13.7. The minimum Gasteiger partial charge on any atom is -0.352 e. The highest BCUT2D eigenvalue weighted by Crippen LogP contribution is 2.53. The third-order valence-electron chi connectivity index (χ3n) is 7.88. The lowest BCUT2D eigenvalue weighted by molar-refractivity contribution is -0.0346. The third kappa shape index (κ3) is 7.98. The molecule has 0 bridgehead atoms. The van der Waals surface area contributed by atoms with E-state index in [2.05, 4.69) is 30.0 Å². The molecule has 1 aromatic carbocycles. The number of nitrogens with one attached hydrogen (secondary N) is 2. The highest BCUT2D eigenvalue weighted by atomic mass is 35.5. The van der Waals surface area contributed by atoms with Crippen molar-refractivity contribution in [2.45, 2.75) is 69.6 Å². The summed E-state index contributed by atoms with van der Waals surface area (Å²) in [6.45, 7) is 2.26. The number of azide groups is 2. The normalized spacial score (nSPS) is 24.8. The zero-order chi connectivity index (χ0) is 34.6. The van der Waals surface area contributed by atoms with Crippen molar-refractivity contribution in [2.75, 3.05) is 13.2 Å². The van der Waals surface area contributed by atoms with Gasteiger partial charge in [0.2, 0.25) is 0 Å². The maximum Gasteiger partial charge on any atom is 0.335 e. The van der Waals surface area contributed by atoms with Crippen LogP contribution in [0.1, 0.15) is 42.0 Å². The Kier molecular flexibility index (Phi) is 10.7. The Morgan fingerprint density at radius 3 is 1.71 bits per heavy atom. The van der Waals surface area contributed by atoms with E-state index in [1.54, 1.807) is 24.3 Å². The van der Waals surface area contributed by atoms with E-state index in [4.69, 9.17) is 30.1 Å². The van der Waals surface area contributed by atoms with E-state index in [1.165, 1.54) is 35.4 Å². The second-order valence-electron chi connectivity index (χ2n) is 11.2. The summed E-state index contributed by atoms with van der Waals surface area (Å²) in [7, 11) is -4.09. The Hall–Kier alpha value is -4.44. The van der Waals surface area contributed by atoms with Gasteiger partial charge in [0.15, 0.2) is 0 Å². The fourth-order valence-corrected chi connectivity index (χ4v) is 7.15. The van der Waals surface area contributed by atoms with Crippen LogP contribution in [-0.4, -0.2) is 56.6 Å². The number of hydrogen-bond acceptors (Lipinski definition) is 11. The van der Waals surface area contributed by atoms with Gasteiger partial charge in [0.05, 0.1) is 43.7 Å². The summed E-state index contributed by atoms with van der Waals surface area (Å²) < 4.78 is 40.4. The first-order chi connectivity index (χ1) is 22.9. The molecular weight excluding hydrogens is 675 g/mol. The molecule has 48 heavy (non-hydrogen) atoms. The van der Waals surface area contributed by atoms with Gasteiger partial charge in [0, 0.05) is 51.2 Å². The molecule has 2 aliphatic rings. The maximum atomic E-state index is 14.3. The molecule has 0 radical (unpaired) electrons. The Balaban J connectivity index is 1.36. The Bertz CT molecular complexity index is 1930. The van der Waals surface area contributed by atoms with Gasteiger partial charge >= 0.3 is 19.0 Å². The summed E-state index contributed by atoms with van der Waals surface area (Å²) in [4.78, 5) is 58.8. The van der Waals surface area contributed by atoms with Gasteiger partial charge < -0.3 is 18.5 Å². The lowest BCUT2D eigenvalue weighted by Crippen LogP contribution is -2.33. The molecule has 0 saturated carbocycles. The van der Waals surface area contributed by atoms with Crippen LogP contribution in [0.15, 0.2) is 66.1 Å². The van der Waals surface area contributed by atoms with Gasteiger partial charge in [-0.1, -0.05) is 34.0 Å². The first kappa shape index (κ1) is 34.9. The highest BCUT2D eigenvalue weighted by Gasteiger charge is 2.41. The highest BCUT2D eigenvalue weighted by molar-refractivity contribution is 7.53. The van der Waals surface area contributed by atoms with E-state index in [0.717, 1.165) is 0 Å². The van der Waals surface area contributed by atoms with Gasteiger partial charge in [0.1, 0.15) is 12.5 Å². The maximum absolute atomic E-state index is 14.3. The smallest absolute Gasteiger partial charge is 0.335 e. The van der Waals surface area contributed by atoms with Crippen molar-refractivity contribution >= 4 is 19.2 Å². The fraction of sp³-hybridized carbons (Fsp3) is 0.481. The van der Waals surface area contributed by atoms with Gasteiger partial charge in [-0.2, -0.15) is 0 Å². The number of nitrogens with zero attached hydrogens (tertiary/aromatic N) is 8. The quantitative estimate of drug-likeness (QED) is 0.120. The first-order valence-electron chi connectivity index (χ1n) is 14.6. The fourth-order valence-electron chi connectivity index (χ4n) is 5.36. The number of aromatic amines is 2. The minimum absolute atomic E-state index is 0.0561. The molecule has 254 valence electrons. The van der Waals surface area contributed by atoms with Gasteiger partial charge in [-0.15, -0.1) is 0 Å². The lowest BCUT2D eigenvalue weighted by Gasteiger charge is -2.24. The van der Waals surface area contributed by atoms with Crippen molar-refractivity contribution in [2.24, 2.45) is 10.2 Å². The summed E-state index contributed by atoms with van der Waals surface area (Å²) >= 11 is 6.02. The Morgan fingerprint density at radius 1 is 0.854 bits per heavy atom. The van der Waals surface area contributed by atoms with E-state index < -0.39 is 66.8 Å². The monoisotopic (exact) mass is 704 g/mol. The number of ether oxygens (including phenoxy) is 2. The topological polar surface area (TPSA) is 261 Å². The lowest BCUT2D eigenvalue weighted by atomic mass is 10.1. The SMILES string of the molecule is Cc1cn([C@H]2C[C@H](N=[N+]=[N-])[C@@H](COP(=O)(Cc3ccc(Cl)cc3)OC[C@H]3O[C@@H](n4cc(C)c(=O)[nH]c4=O)C[C@@H]3N=[N+]=[N-])O2)c(=O)[nH]c1=O. The average molecular weight is 705 g/mol. The molecule has 21 heteroatoms.